The number of nitrogens with zero attached hydrogens (tertiary/aromatic N) is 2. The molecule has 3 unspecified atom stereocenters. The Balaban J connectivity index is 1.70. The van der Waals surface area contributed by atoms with Gasteiger partial charge in [-0.15, -0.1) is 0 Å². The van der Waals surface area contributed by atoms with Gasteiger partial charge in [-0.25, -0.2) is 0 Å². The smallest absolute Gasteiger partial charge is 0.0596 e. The topological polar surface area (TPSA) is 29.9 Å². The van der Waals surface area contributed by atoms with Crippen LogP contribution in [-0.2, 0) is 13.0 Å². The summed E-state index contributed by atoms with van der Waals surface area (Å²) in [5.74, 6) is 2.97. The van der Waals surface area contributed by atoms with Gasteiger partial charge in [0, 0.05) is 24.7 Å². The molecule has 1 heterocycles. The summed E-state index contributed by atoms with van der Waals surface area (Å²) in [6.07, 6.45) is 8.27. The minimum Gasteiger partial charge on any atom is -0.313 e. The van der Waals surface area contributed by atoms with Gasteiger partial charge in [0.1, 0.15) is 0 Å². The molecule has 2 saturated carbocycles. The van der Waals surface area contributed by atoms with E-state index in [0.29, 0.717) is 6.04 Å². The van der Waals surface area contributed by atoms with E-state index in [1.54, 1.807) is 0 Å². The number of aryl methyl sites for hydroxylation is 2. The molecule has 3 rings (SSSR count). The van der Waals surface area contributed by atoms with Gasteiger partial charge in [0.2, 0.25) is 0 Å². The first-order chi connectivity index (χ1) is 10.2. The molecule has 2 fully saturated rings. The molecule has 3 atom stereocenters. The van der Waals surface area contributed by atoms with Crippen LogP contribution < -0.4 is 5.32 Å². The summed E-state index contributed by atoms with van der Waals surface area (Å²) in [5, 5.41) is 8.48. The van der Waals surface area contributed by atoms with Crippen molar-refractivity contribution in [3.05, 3.63) is 17.5 Å². The first-order valence-corrected chi connectivity index (χ1v) is 9.01. The Bertz CT molecular complexity index is 453. The number of fused-ring (bicyclic) bond motifs is 1. The van der Waals surface area contributed by atoms with Crippen LogP contribution in [0.1, 0.15) is 57.3 Å². The standard InChI is InChI=1S/C18H31N3/c1-4-10-19-17(18-15-8-6-7-9-16(15)18)12-14-11-13(3)20-21(14)5-2/h11,15-19H,4-10,12H2,1-3H3. The first kappa shape index (κ1) is 15.1. The summed E-state index contributed by atoms with van der Waals surface area (Å²) in [5.41, 5.74) is 2.58. The fraction of sp³-hybridized carbons (Fsp3) is 0.833. The van der Waals surface area contributed by atoms with Gasteiger partial charge in [-0.3, -0.25) is 4.68 Å². The molecular weight excluding hydrogens is 258 g/mol. The van der Waals surface area contributed by atoms with Crippen LogP contribution in [0.15, 0.2) is 6.07 Å². The van der Waals surface area contributed by atoms with Crippen LogP contribution in [0.2, 0.25) is 0 Å². The number of nitrogens with one attached hydrogen (secondary N) is 1. The fourth-order valence-corrected chi connectivity index (χ4v) is 4.58. The second kappa shape index (κ2) is 6.51. The third kappa shape index (κ3) is 3.18. The molecule has 3 heteroatoms. The van der Waals surface area contributed by atoms with E-state index in [0.717, 1.165) is 43.0 Å². The highest BCUT2D eigenvalue weighted by Gasteiger charge is 2.53. The number of aromatic nitrogens is 2. The highest BCUT2D eigenvalue weighted by molar-refractivity contribution is 5.14. The van der Waals surface area contributed by atoms with E-state index in [4.69, 9.17) is 0 Å². The minimum atomic E-state index is 0.666. The summed E-state index contributed by atoms with van der Waals surface area (Å²) in [7, 11) is 0. The van der Waals surface area contributed by atoms with Gasteiger partial charge in [0.25, 0.3) is 0 Å². The Hall–Kier alpha value is -0.830. The van der Waals surface area contributed by atoms with E-state index >= 15 is 0 Å². The lowest BCUT2D eigenvalue weighted by molar-refractivity contribution is 0.416. The Kier molecular flexibility index (Phi) is 4.68. The zero-order valence-electron chi connectivity index (χ0n) is 13.9. The maximum Gasteiger partial charge on any atom is 0.0596 e. The van der Waals surface area contributed by atoms with Crippen molar-refractivity contribution in [2.45, 2.75) is 71.9 Å². The van der Waals surface area contributed by atoms with Gasteiger partial charge in [-0.2, -0.15) is 5.10 Å². The lowest BCUT2D eigenvalue weighted by Gasteiger charge is -2.19. The lowest BCUT2D eigenvalue weighted by atomic mass is 10.0. The zero-order valence-corrected chi connectivity index (χ0v) is 13.9. The third-order valence-electron chi connectivity index (χ3n) is 5.56. The van der Waals surface area contributed by atoms with Crippen LogP contribution in [0.3, 0.4) is 0 Å². The Morgan fingerprint density at radius 1 is 1.29 bits per heavy atom. The van der Waals surface area contributed by atoms with Gasteiger partial charge < -0.3 is 5.32 Å². The molecule has 0 radical (unpaired) electrons. The van der Waals surface area contributed by atoms with Gasteiger partial charge in [0.05, 0.1) is 5.69 Å². The van der Waals surface area contributed by atoms with Crippen LogP contribution in [0.5, 0.6) is 0 Å². The minimum absolute atomic E-state index is 0.666. The first-order valence-electron chi connectivity index (χ1n) is 9.01. The van der Waals surface area contributed by atoms with E-state index in [1.807, 2.05) is 0 Å². The van der Waals surface area contributed by atoms with E-state index in [1.165, 1.54) is 37.8 Å². The van der Waals surface area contributed by atoms with Gasteiger partial charge in [0.15, 0.2) is 0 Å². The van der Waals surface area contributed by atoms with Crippen LogP contribution in [0.25, 0.3) is 0 Å². The Labute approximate surface area is 129 Å². The predicted molar refractivity (Wildman–Crippen MR) is 87.4 cm³/mol. The number of hydrogen-bond donors (Lipinski definition) is 1. The van der Waals surface area contributed by atoms with Crippen molar-refractivity contribution in [2.24, 2.45) is 17.8 Å². The monoisotopic (exact) mass is 289 g/mol. The molecule has 0 spiro atoms. The molecule has 0 amide bonds. The molecule has 2 aliphatic carbocycles. The van der Waals surface area contributed by atoms with E-state index in [-0.39, 0.29) is 0 Å². The summed E-state index contributed by atoms with van der Waals surface area (Å²) in [6.45, 7) is 8.72. The molecule has 1 N–H and O–H groups in total. The third-order valence-corrected chi connectivity index (χ3v) is 5.56. The maximum atomic E-state index is 4.62. The van der Waals surface area contributed by atoms with Crippen molar-refractivity contribution < 1.29 is 0 Å². The normalized spacial score (nSPS) is 29.2. The summed E-state index contributed by atoms with van der Waals surface area (Å²) in [4.78, 5) is 0. The van der Waals surface area contributed by atoms with Crippen molar-refractivity contribution in [3.63, 3.8) is 0 Å². The van der Waals surface area contributed by atoms with Crippen LogP contribution >= 0.6 is 0 Å². The highest BCUT2D eigenvalue weighted by Crippen LogP contribution is 2.57. The van der Waals surface area contributed by atoms with E-state index < -0.39 is 0 Å². The number of rotatable bonds is 7. The fourth-order valence-electron chi connectivity index (χ4n) is 4.58. The molecule has 0 bridgehead atoms. The molecular formula is C18H31N3. The second-order valence-corrected chi connectivity index (χ2v) is 7.05. The summed E-state index contributed by atoms with van der Waals surface area (Å²) >= 11 is 0. The Morgan fingerprint density at radius 2 is 2.00 bits per heavy atom. The van der Waals surface area contributed by atoms with Crippen LogP contribution in [-0.4, -0.2) is 22.4 Å². The van der Waals surface area contributed by atoms with Crippen LogP contribution in [0, 0.1) is 24.7 Å². The largest absolute Gasteiger partial charge is 0.313 e. The van der Waals surface area contributed by atoms with E-state index in [9.17, 15) is 0 Å². The second-order valence-electron chi connectivity index (χ2n) is 7.05. The van der Waals surface area contributed by atoms with Crippen molar-refractivity contribution in [3.8, 4) is 0 Å². The predicted octanol–water partition coefficient (Wildman–Crippen LogP) is 3.56. The van der Waals surface area contributed by atoms with Crippen molar-refractivity contribution >= 4 is 0 Å². The van der Waals surface area contributed by atoms with Crippen molar-refractivity contribution in [1.29, 1.82) is 0 Å². The molecule has 0 aromatic carbocycles. The average Bonchev–Trinajstić information content (AvgIpc) is 3.11. The zero-order chi connectivity index (χ0) is 14.8. The van der Waals surface area contributed by atoms with E-state index in [2.05, 4.69) is 41.9 Å². The van der Waals surface area contributed by atoms with Crippen molar-refractivity contribution in [1.82, 2.24) is 15.1 Å². The molecule has 1 aromatic rings. The van der Waals surface area contributed by atoms with Crippen molar-refractivity contribution in [2.75, 3.05) is 6.54 Å². The molecule has 1 aromatic heterocycles. The maximum absolute atomic E-state index is 4.62. The van der Waals surface area contributed by atoms with Crippen LogP contribution in [0.4, 0.5) is 0 Å². The summed E-state index contributed by atoms with van der Waals surface area (Å²) in [6, 6.07) is 2.95. The summed E-state index contributed by atoms with van der Waals surface area (Å²) < 4.78 is 2.20. The highest BCUT2D eigenvalue weighted by atomic mass is 15.3. The molecule has 21 heavy (non-hydrogen) atoms. The lowest BCUT2D eigenvalue weighted by Crippen LogP contribution is -2.35. The SMILES string of the molecule is CCCNC(Cc1cc(C)nn1CC)C1C2CCCCC21. The Morgan fingerprint density at radius 3 is 2.62 bits per heavy atom. The molecule has 2 aliphatic rings. The molecule has 118 valence electrons. The van der Waals surface area contributed by atoms with Gasteiger partial charge >= 0.3 is 0 Å². The molecule has 0 aliphatic heterocycles. The molecule has 0 saturated heterocycles. The van der Waals surface area contributed by atoms with Gasteiger partial charge in [-0.05, 0) is 63.5 Å². The quantitative estimate of drug-likeness (QED) is 0.832. The molecule has 3 nitrogen and oxygen atoms in total. The average molecular weight is 289 g/mol. The number of hydrogen-bond acceptors (Lipinski definition) is 2. The van der Waals surface area contributed by atoms with Gasteiger partial charge in [-0.1, -0.05) is 19.8 Å².